The zero-order valence-electron chi connectivity index (χ0n) is 12.5. The predicted octanol–water partition coefficient (Wildman–Crippen LogP) is 5.83. The summed E-state index contributed by atoms with van der Waals surface area (Å²) < 4.78 is 0. The second-order valence-corrected chi connectivity index (χ2v) is 5.33. The molecule has 106 valence electrons. The minimum atomic E-state index is 0.321. The fourth-order valence-corrected chi connectivity index (χ4v) is 2.09. The summed E-state index contributed by atoms with van der Waals surface area (Å²) in [5.74, 6) is 0.321. The van der Waals surface area contributed by atoms with E-state index in [4.69, 9.17) is 0 Å². The molecule has 0 amide bonds. The van der Waals surface area contributed by atoms with Crippen molar-refractivity contribution >= 4 is 5.78 Å². The van der Waals surface area contributed by atoms with E-state index in [0.717, 1.165) is 25.7 Å². The Morgan fingerprint density at radius 3 is 1.83 bits per heavy atom. The molecule has 0 saturated carbocycles. The zero-order valence-corrected chi connectivity index (χ0v) is 12.5. The van der Waals surface area contributed by atoms with E-state index < -0.39 is 0 Å². The maximum Gasteiger partial charge on any atom is 0.129 e. The number of carbonyl (C=O) groups excluding carboxylic acids is 1. The number of unbranched alkanes of at least 4 members (excludes halogenated alkanes) is 9. The maximum atomic E-state index is 10.7. The van der Waals surface area contributed by atoms with E-state index in [1.54, 1.807) is 6.92 Å². The molecule has 0 fully saturated rings. The normalized spacial score (nSPS) is 11.2. The van der Waals surface area contributed by atoms with Crippen LogP contribution in [0.25, 0.3) is 0 Å². The second-order valence-electron chi connectivity index (χ2n) is 5.33. The molecule has 0 aliphatic rings. The Hall–Kier alpha value is -0.590. The Bertz CT molecular complexity index is 206. The van der Waals surface area contributed by atoms with Crippen molar-refractivity contribution in [2.45, 2.75) is 90.9 Å². The number of hydrogen-bond acceptors (Lipinski definition) is 1. The second kappa shape index (κ2) is 14.5. The molecule has 0 aromatic rings. The standard InChI is InChI=1S/C17H32O/c1-3-4-5-6-7-8-9-10-11-12-13-14-15-16-17(2)18/h11-12H,3-10,13-16H2,1-2H3. The van der Waals surface area contributed by atoms with Crippen molar-refractivity contribution in [3.05, 3.63) is 12.2 Å². The van der Waals surface area contributed by atoms with Gasteiger partial charge in [-0.05, 0) is 39.0 Å². The van der Waals surface area contributed by atoms with E-state index in [9.17, 15) is 4.79 Å². The summed E-state index contributed by atoms with van der Waals surface area (Å²) >= 11 is 0. The first-order chi connectivity index (χ1) is 8.77. The summed E-state index contributed by atoms with van der Waals surface area (Å²) in [6.07, 6.45) is 19.7. The van der Waals surface area contributed by atoms with Crippen molar-refractivity contribution in [1.82, 2.24) is 0 Å². The van der Waals surface area contributed by atoms with Crippen LogP contribution in [0.1, 0.15) is 90.9 Å². The largest absolute Gasteiger partial charge is 0.300 e. The average molecular weight is 252 g/mol. The minimum Gasteiger partial charge on any atom is -0.300 e. The predicted molar refractivity (Wildman–Crippen MR) is 80.9 cm³/mol. The Labute approximate surface area is 114 Å². The number of rotatable bonds is 13. The zero-order chi connectivity index (χ0) is 13.5. The molecular weight excluding hydrogens is 220 g/mol. The van der Waals surface area contributed by atoms with Gasteiger partial charge in [0.05, 0.1) is 0 Å². The topological polar surface area (TPSA) is 17.1 Å². The van der Waals surface area contributed by atoms with Crippen LogP contribution >= 0.6 is 0 Å². The molecule has 0 atom stereocenters. The maximum absolute atomic E-state index is 10.7. The molecule has 0 heterocycles. The van der Waals surface area contributed by atoms with Crippen molar-refractivity contribution in [3.8, 4) is 0 Å². The van der Waals surface area contributed by atoms with Crippen LogP contribution in [0, 0.1) is 0 Å². The van der Waals surface area contributed by atoms with Gasteiger partial charge in [0.15, 0.2) is 0 Å². The van der Waals surface area contributed by atoms with Crippen molar-refractivity contribution in [2.24, 2.45) is 0 Å². The molecule has 0 N–H and O–H groups in total. The van der Waals surface area contributed by atoms with Gasteiger partial charge in [0.25, 0.3) is 0 Å². The van der Waals surface area contributed by atoms with E-state index in [1.807, 2.05) is 0 Å². The lowest BCUT2D eigenvalue weighted by atomic mass is 10.1. The molecule has 0 spiro atoms. The molecule has 0 radical (unpaired) electrons. The van der Waals surface area contributed by atoms with Crippen LogP contribution in [-0.4, -0.2) is 5.78 Å². The molecule has 1 nitrogen and oxygen atoms in total. The summed E-state index contributed by atoms with van der Waals surface area (Å²) in [6.45, 7) is 3.94. The van der Waals surface area contributed by atoms with Crippen LogP contribution in [-0.2, 0) is 4.79 Å². The van der Waals surface area contributed by atoms with Gasteiger partial charge in [0.1, 0.15) is 5.78 Å². The molecule has 0 aliphatic heterocycles. The van der Waals surface area contributed by atoms with E-state index in [1.165, 1.54) is 51.4 Å². The first kappa shape index (κ1) is 17.4. The quantitative estimate of drug-likeness (QED) is 0.297. The first-order valence-electron chi connectivity index (χ1n) is 7.91. The number of carbonyl (C=O) groups is 1. The van der Waals surface area contributed by atoms with E-state index in [2.05, 4.69) is 19.1 Å². The van der Waals surface area contributed by atoms with Gasteiger partial charge in [-0.25, -0.2) is 0 Å². The Balaban J connectivity index is 3.06. The van der Waals surface area contributed by atoms with Gasteiger partial charge in [-0.1, -0.05) is 57.6 Å². The van der Waals surface area contributed by atoms with Gasteiger partial charge >= 0.3 is 0 Å². The summed E-state index contributed by atoms with van der Waals surface area (Å²) in [7, 11) is 0. The smallest absolute Gasteiger partial charge is 0.129 e. The SMILES string of the molecule is CCCCCCCCCC=CCCCCC(C)=O. The summed E-state index contributed by atoms with van der Waals surface area (Å²) in [4.78, 5) is 10.7. The minimum absolute atomic E-state index is 0.321. The molecule has 0 aliphatic carbocycles. The van der Waals surface area contributed by atoms with E-state index >= 15 is 0 Å². The molecule has 0 unspecified atom stereocenters. The highest BCUT2D eigenvalue weighted by atomic mass is 16.1. The van der Waals surface area contributed by atoms with E-state index in [-0.39, 0.29) is 0 Å². The van der Waals surface area contributed by atoms with Crippen LogP contribution in [0.4, 0.5) is 0 Å². The third kappa shape index (κ3) is 15.4. The van der Waals surface area contributed by atoms with Gasteiger partial charge in [0, 0.05) is 6.42 Å². The molecule has 0 saturated heterocycles. The number of hydrogen-bond donors (Lipinski definition) is 0. The fourth-order valence-electron chi connectivity index (χ4n) is 2.09. The van der Waals surface area contributed by atoms with Crippen molar-refractivity contribution in [2.75, 3.05) is 0 Å². The average Bonchev–Trinajstić information content (AvgIpc) is 2.34. The highest BCUT2D eigenvalue weighted by Crippen LogP contribution is 2.09. The Morgan fingerprint density at radius 2 is 1.28 bits per heavy atom. The number of Topliss-reactive ketones (excluding diaryl/α,β-unsaturated/α-hetero) is 1. The lowest BCUT2D eigenvalue weighted by Crippen LogP contribution is -1.88. The van der Waals surface area contributed by atoms with Gasteiger partial charge in [-0.15, -0.1) is 0 Å². The van der Waals surface area contributed by atoms with Crippen molar-refractivity contribution in [1.29, 1.82) is 0 Å². The van der Waals surface area contributed by atoms with Crippen molar-refractivity contribution in [3.63, 3.8) is 0 Å². The number of ketones is 1. The molecule has 0 bridgehead atoms. The lowest BCUT2D eigenvalue weighted by Gasteiger charge is -1.99. The van der Waals surface area contributed by atoms with Crippen LogP contribution in [0.15, 0.2) is 12.2 Å². The van der Waals surface area contributed by atoms with Crippen LogP contribution < -0.4 is 0 Å². The van der Waals surface area contributed by atoms with Gasteiger partial charge in [-0.2, -0.15) is 0 Å². The van der Waals surface area contributed by atoms with Gasteiger partial charge in [0.2, 0.25) is 0 Å². The molecular formula is C17H32O. The Morgan fingerprint density at radius 1 is 0.778 bits per heavy atom. The van der Waals surface area contributed by atoms with Crippen LogP contribution in [0.2, 0.25) is 0 Å². The fraction of sp³-hybridized carbons (Fsp3) is 0.824. The molecule has 1 heteroatoms. The van der Waals surface area contributed by atoms with E-state index in [0.29, 0.717) is 5.78 Å². The molecule has 18 heavy (non-hydrogen) atoms. The highest BCUT2D eigenvalue weighted by Gasteiger charge is 1.92. The summed E-state index contributed by atoms with van der Waals surface area (Å²) in [6, 6.07) is 0. The van der Waals surface area contributed by atoms with Gasteiger partial charge in [-0.3, -0.25) is 0 Å². The third-order valence-corrected chi connectivity index (χ3v) is 3.29. The Kier molecular flexibility index (Phi) is 14.0. The van der Waals surface area contributed by atoms with Crippen LogP contribution in [0.5, 0.6) is 0 Å². The summed E-state index contributed by atoms with van der Waals surface area (Å²) in [5, 5.41) is 0. The highest BCUT2D eigenvalue weighted by molar-refractivity contribution is 5.75. The lowest BCUT2D eigenvalue weighted by molar-refractivity contribution is -0.117. The molecule has 0 rings (SSSR count). The van der Waals surface area contributed by atoms with Crippen LogP contribution in [0.3, 0.4) is 0 Å². The molecule has 0 aromatic heterocycles. The van der Waals surface area contributed by atoms with Crippen molar-refractivity contribution < 1.29 is 4.79 Å². The van der Waals surface area contributed by atoms with Gasteiger partial charge < -0.3 is 4.79 Å². The monoisotopic (exact) mass is 252 g/mol. The summed E-state index contributed by atoms with van der Waals surface area (Å²) in [5.41, 5.74) is 0. The third-order valence-electron chi connectivity index (χ3n) is 3.29. The first-order valence-corrected chi connectivity index (χ1v) is 7.91. The number of allylic oxidation sites excluding steroid dienone is 2. The molecule has 0 aromatic carbocycles.